The zero-order valence-electron chi connectivity index (χ0n) is 36.7. The lowest BCUT2D eigenvalue weighted by atomic mass is 10.1. The van der Waals surface area contributed by atoms with Crippen LogP contribution in [0.3, 0.4) is 0 Å². The van der Waals surface area contributed by atoms with Crippen LogP contribution in [-0.2, 0) is 31.6 Å². The fourth-order valence-electron chi connectivity index (χ4n) is 5.64. The first kappa shape index (κ1) is 50.8. The molecule has 0 aliphatic heterocycles. The summed E-state index contributed by atoms with van der Waals surface area (Å²) in [6.07, 6.45) is 10.5. The summed E-state index contributed by atoms with van der Waals surface area (Å²) in [5.41, 5.74) is 6.30. The van der Waals surface area contributed by atoms with Gasteiger partial charge in [0.15, 0.2) is 5.65 Å². The molecule has 0 saturated carbocycles. The van der Waals surface area contributed by atoms with Crippen LogP contribution in [0.1, 0.15) is 16.7 Å². The van der Waals surface area contributed by atoms with Crippen molar-refractivity contribution in [3.8, 4) is 34.3 Å². The van der Waals surface area contributed by atoms with Gasteiger partial charge in [-0.2, -0.15) is 10.1 Å². The van der Waals surface area contributed by atoms with Crippen LogP contribution in [0.4, 0.5) is 11.6 Å². The molecule has 0 aliphatic carbocycles. The molecule has 3 N–H and O–H groups in total. The molecular formula is C49H45Br2Cl2N9O6. The maximum atomic E-state index is 8.74. The van der Waals surface area contributed by atoms with Crippen molar-refractivity contribution < 1.29 is 29.2 Å². The number of aliphatic hydroxyl groups is 1. The van der Waals surface area contributed by atoms with E-state index in [0.29, 0.717) is 54.3 Å². The zero-order valence-corrected chi connectivity index (χ0v) is 41.3. The van der Waals surface area contributed by atoms with Crippen molar-refractivity contribution in [1.82, 2.24) is 39.3 Å². The third-order valence-corrected chi connectivity index (χ3v) is 10.5. The number of ether oxygens (including phenoxy) is 4. The lowest BCUT2D eigenvalue weighted by Crippen LogP contribution is -2.05. The Labute approximate surface area is 419 Å². The van der Waals surface area contributed by atoms with E-state index in [0.717, 1.165) is 59.6 Å². The van der Waals surface area contributed by atoms with E-state index in [1.54, 1.807) is 83.6 Å². The number of fused-ring (bicyclic) bond motifs is 1. The lowest BCUT2D eigenvalue weighted by molar-refractivity contribution is 0.143. The molecule has 6 heterocycles. The molecule has 0 atom stereocenters. The quantitative estimate of drug-likeness (QED) is 0.0693. The number of pyridine rings is 4. The molecule has 0 aliphatic rings. The van der Waals surface area contributed by atoms with Gasteiger partial charge in [0.2, 0.25) is 11.8 Å². The van der Waals surface area contributed by atoms with Crippen LogP contribution in [0.5, 0.6) is 23.1 Å². The van der Waals surface area contributed by atoms with Gasteiger partial charge in [-0.3, -0.25) is 4.68 Å². The highest BCUT2D eigenvalue weighted by Gasteiger charge is 2.11. The Kier molecular flexibility index (Phi) is 19.9. The average molecular weight is 1090 g/mol. The van der Waals surface area contributed by atoms with Crippen molar-refractivity contribution >= 4 is 72.3 Å². The Morgan fingerprint density at radius 2 is 1.25 bits per heavy atom. The van der Waals surface area contributed by atoms with Gasteiger partial charge in [0.05, 0.1) is 25.1 Å². The lowest BCUT2D eigenvalue weighted by Gasteiger charge is -2.09. The van der Waals surface area contributed by atoms with E-state index in [1.165, 1.54) is 0 Å². The van der Waals surface area contributed by atoms with E-state index in [9.17, 15) is 0 Å². The van der Waals surface area contributed by atoms with Crippen molar-refractivity contribution in [3.63, 3.8) is 0 Å². The normalized spacial score (nSPS) is 10.4. The minimum atomic E-state index is 0.0180. The summed E-state index contributed by atoms with van der Waals surface area (Å²) in [6, 6.07) is 37.2. The number of hydrogen-bond donors (Lipinski definition) is 3. The van der Waals surface area contributed by atoms with Crippen LogP contribution in [0.25, 0.3) is 16.8 Å². The van der Waals surface area contributed by atoms with Crippen LogP contribution in [-0.4, -0.2) is 69.9 Å². The monoisotopic (exact) mass is 1080 g/mol. The van der Waals surface area contributed by atoms with Crippen LogP contribution in [0, 0.1) is 0 Å². The number of halogens is 4. The molecular weight excluding hydrogens is 1040 g/mol. The van der Waals surface area contributed by atoms with Gasteiger partial charge in [-0.05, 0) is 102 Å². The number of methoxy groups -OCH3 is 1. The summed E-state index contributed by atoms with van der Waals surface area (Å²) < 4.78 is 27.5. The summed E-state index contributed by atoms with van der Waals surface area (Å²) >= 11 is 17.8. The molecule has 3 aromatic carbocycles. The number of anilines is 2. The first-order valence-corrected chi connectivity index (χ1v) is 22.9. The minimum Gasteiger partial charge on any atom is -0.508 e. The van der Waals surface area contributed by atoms with Gasteiger partial charge in [0.1, 0.15) is 47.4 Å². The molecule has 9 aromatic rings. The van der Waals surface area contributed by atoms with E-state index in [-0.39, 0.29) is 6.61 Å². The molecule has 0 spiro atoms. The maximum Gasteiger partial charge on any atom is 0.247 e. The van der Waals surface area contributed by atoms with E-state index >= 15 is 0 Å². The molecule has 0 unspecified atom stereocenters. The second-order valence-electron chi connectivity index (χ2n) is 14.2. The molecule has 0 amide bonds. The number of aliphatic hydroxyl groups excluding tert-OH is 1. The first-order valence-electron chi connectivity index (χ1n) is 20.6. The summed E-state index contributed by atoms with van der Waals surface area (Å²) in [6.45, 7) is 1.91. The molecule has 0 saturated heterocycles. The van der Waals surface area contributed by atoms with Crippen LogP contribution in [0.2, 0.25) is 10.3 Å². The SMILES string of the molecule is COCCOc1ccc(COc2ccc(-c3cccn4nc(Nc5cnn(C)c5)nc34)cc2)cn1.Clc1ccc(COc2ccc(Br)cc2)cn1.OCc1ccc(Cl)nc1.Oc1ccc(Br)cc1. The van der Waals surface area contributed by atoms with E-state index in [2.05, 4.69) is 67.3 Å². The zero-order chi connectivity index (χ0) is 48.1. The number of benzene rings is 3. The van der Waals surface area contributed by atoms with Crippen LogP contribution in [0.15, 0.2) is 167 Å². The molecule has 15 nitrogen and oxygen atoms in total. The standard InChI is InChI=1S/C25H25N7O3.C12H9BrClNO.C6H5BrO.C6H6ClNO/c1-31-16-20(15-27-31)28-25-29-24-22(4-3-11-32(24)30-25)19-6-8-21(9-7-19)35-17-18-5-10-23(26-14-18)34-13-12-33-2;13-10-2-4-11(5-3-10)16-8-9-1-6-12(14)15-7-9;7-5-1-3-6(8)4-2-5;7-6-2-1-5(4-9)3-8-6/h3-11,14-16H,12-13,17H2,1-2H3,(H,28,30);1-7H,8H2;1-4,8H;1-3,9H,4H2. The highest BCUT2D eigenvalue weighted by atomic mass is 79.9. The van der Waals surface area contributed by atoms with Gasteiger partial charge >= 0.3 is 0 Å². The molecule has 9 rings (SSSR count). The number of aromatic hydroxyl groups is 1. The smallest absolute Gasteiger partial charge is 0.247 e. The largest absolute Gasteiger partial charge is 0.508 e. The first-order chi connectivity index (χ1) is 33.0. The Morgan fingerprint density at radius 1 is 0.662 bits per heavy atom. The van der Waals surface area contributed by atoms with Crippen molar-refractivity contribution in [2.75, 3.05) is 25.6 Å². The molecule has 0 radical (unpaired) electrons. The minimum absolute atomic E-state index is 0.0180. The van der Waals surface area contributed by atoms with Crippen molar-refractivity contribution in [2.24, 2.45) is 7.05 Å². The second kappa shape index (κ2) is 26.7. The van der Waals surface area contributed by atoms with E-state index in [4.69, 9.17) is 52.4 Å². The number of rotatable bonds is 14. The van der Waals surface area contributed by atoms with E-state index in [1.807, 2.05) is 98.3 Å². The topological polar surface area (TPSA) is 176 Å². The molecule has 68 heavy (non-hydrogen) atoms. The Balaban J connectivity index is 0.000000187. The van der Waals surface area contributed by atoms with E-state index < -0.39 is 0 Å². The van der Waals surface area contributed by atoms with Gasteiger partial charge in [0, 0.05) is 76.8 Å². The van der Waals surface area contributed by atoms with Gasteiger partial charge in [-0.15, -0.1) is 5.10 Å². The third kappa shape index (κ3) is 16.9. The summed E-state index contributed by atoms with van der Waals surface area (Å²) in [5.74, 6) is 2.97. The maximum absolute atomic E-state index is 8.74. The number of phenolic OH excluding ortho intramolecular Hbond substituents is 1. The predicted molar refractivity (Wildman–Crippen MR) is 270 cm³/mol. The number of nitrogens with one attached hydrogen (secondary N) is 1. The number of phenols is 1. The van der Waals surface area contributed by atoms with Crippen molar-refractivity contribution in [2.45, 2.75) is 19.8 Å². The predicted octanol–water partition coefficient (Wildman–Crippen LogP) is 11.3. The van der Waals surface area contributed by atoms with Crippen LogP contribution >= 0.6 is 55.1 Å². The fourth-order valence-corrected chi connectivity index (χ4v) is 6.39. The number of hydrogen-bond acceptors (Lipinski definition) is 13. The Bertz CT molecular complexity index is 2810. The Morgan fingerprint density at radius 3 is 1.78 bits per heavy atom. The number of aryl methyl sites for hydroxylation is 1. The average Bonchev–Trinajstić information content (AvgIpc) is 3.98. The third-order valence-electron chi connectivity index (χ3n) is 9.03. The van der Waals surface area contributed by atoms with Gasteiger partial charge in [-0.25, -0.2) is 19.5 Å². The summed E-state index contributed by atoms with van der Waals surface area (Å²) in [5, 5.41) is 30.1. The second-order valence-corrected chi connectivity index (χ2v) is 16.8. The molecule has 350 valence electrons. The summed E-state index contributed by atoms with van der Waals surface area (Å²) in [7, 11) is 3.50. The highest BCUT2D eigenvalue weighted by molar-refractivity contribution is 9.10. The van der Waals surface area contributed by atoms with Crippen molar-refractivity contribution in [1.29, 1.82) is 0 Å². The number of aromatic nitrogens is 8. The molecule has 0 fully saturated rings. The highest BCUT2D eigenvalue weighted by Crippen LogP contribution is 2.27. The Hall–Kier alpha value is -6.60. The van der Waals surface area contributed by atoms with Crippen LogP contribution < -0.4 is 19.5 Å². The summed E-state index contributed by atoms with van der Waals surface area (Å²) in [4.78, 5) is 16.7. The van der Waals surface area contributed by atoms with Crippen molar-refractivity contribution in [3.05, 3.63) is 194 Å². The van der Waals surface area contributed by atoms with Gasteiger partial charge in [0.25, 0.3) is 0 Å². The van der Waals surface area contributed by atoms with Gasteiger partial charge in [-0.1, -0.05) is 79.3 Å². The molecule has 19 heteroatoms. The van der Waals surface area contributed by atoms with Gasteiger partial charge < -0.3 is 34.5 Å². The fraction of sp³-hybridized carbons (Fsp3) is 0.143. The molecule has 6 aromatic heterocycles. The number of nitrogens with zero attached hydrogens (tertiary/aromatic N) is 8. The molecule has 0 bridgehead atoms.